The number of amides is 1. The first kappa shape index (κ1) is 23.1. The van der Waals surface area contributed by atoms with Gasteiger partial charge >= 0.3 is 6.18 Å². The van der Waals surface area contributed by atoms with Crippen LogP contribution in [0.1, 0.15) is 60.8 Å². The molecule has 0 saturated carbocycles. The zero-order valence-electron chi connectivity index (χ0n) is 18.3. The molecule has 1 aliphatic rings. The van der Waals surface area contributed by atoms with Crippen molar-refractivity contribution in [3.8, 4) is 0 Å². The number of hydrogen-bond donors (Lipinski definition) is 0. The van der Waals surface area contributed by atoms with Crippen LogP contribution in [-0.4, -0.2) is 28.0 Å². The molecule has 5 nitrogen and oxygen atoms in total. The summed E-state index contributed by atoms with van der Waals surface area (Å²) in [7, 11) is 1.89. The lowest BCUT2D eigenvalue weighted by Gasteiger charge is -2.21. The van der Waals surface area contributed by atoms with Gasteiger partial charge in [-0.1, -0.05) is 39.5 Å². The summed E-state index contributed by atoms with van der Waals surface area (Å²) in [4.78, 5) is 17.2. The van der Waals surface area contributed by atoms with E-state index in [1.165, 1.54) is 12.1 Å². The number of benzene rings is 1. The second-order valence-corrected chi connectivity index (χ2v) is 8.80. The lowest BCUT2D eigenvalue weighted by atomic mass is 9.92. The summed E-state index contributed by atoms with van der Waals surface area (Å²) in [6.45, 7) is 11.0. The van der Waals surface area contributed by atoms with Gasteiger partial charge in [0.05, 0.1) is 18.2 Å². The number of carbonyl (C=O) groups excluding carboxylic acids is 1. The first-order valence-electron chi connectivity index (χ1n) is 10.2. The van der Waals surface area contributed by atoms with Crippen LogP contribution < -0.4 is 5.49 Å². The molecule has 1 saturated heterocycles. The smallest absolute Gasteiger partial charge is 0.376 e. The molecular weight excluding hydrogens is 407 g/mol. The average molecular weight is 435 g/mol. The molecule has 8 heteroatoms. The fourth-order valence-electron chi connectivity index (χ4n) is 3.82. The summed E-state index contributed by atoms with van der Waals surface area (Å²) >= 11 is 0. The van der Waals surface area contributed by atoms with E-state index in [1.54, 1.807) is 0 Å². The molecule has 31 heavy (non-hydrogen) atoms. The molecule has 0 radical (unpaired) electrons. The Bertz CT molecular complexity index is 1050. The molecule has 1 aromatic carbocycles. The number of hydrogen-bond acceptors (Lipinski definition) is 2. The minimum absolute atomic E-state index is 0.00719. The lowest BCUT2D eigenvalue weighted by Crippen LogP contribution is -2.30. The SMILES string of the molecule is C=Cc1ccc(C(F)(F)F)cc1C(=O)/N=c1\cc(C(C)(C)C)n(C)n1C[C@H]1CCCO1. The van der Waals surface area contributed by atoms with Gasteiger partial charge in [-0.05, 0) is 30.5 Å². The van der Waals surface area contributed by atoms with Gasteiger partial charge in [-0.2, -0.15) is 18.2 Å². The van der Waals surface area contributed by atoms with Crippen molar-refractivity contribution in [2.75, 3.05) is 6.61 Å². The Labute approximate surface area is 179 Å². The molecule has 1 atom stereocenters. The van der Waals surface area contributed by atoms with Gasteiger partial charge in [0.1, 0.15) is 0 Å². The molecule has 1 fully saturated rings. The Balaban J connectivity index is 2.12. The van der Waals surface area contributed by atoms with Crippen molar-refractivity contribution in [2.24, 2.45) is 12.0 Å². The first-order valence-corrected chi connectivity index (χ1v) is 10.2. The standard InChI is InChI=1S/C23H28F3N3O2/c1-6-15-9-10-16(23(24,25)26)12-18(15)21(30)27-20-13-19(22(2,3)4)28(5)29(20)14-17-8-7-11-31-17/h6,9-10,12-13,17H,1,7-8,11,14H2,2-5H3/b27-20+/t17-/m1/s1. The van der Waals surface area contributed by atoms with Gasteiger partial charge in [0.25, 0.3) is 5.91 Å². The van der Waals surface area contributed by atoms with E-state index in [0.717, 1.165) is 30.7 Å². The third kappa shape index (κ3) is 5.01. The molecular formula is C23H28F3N3O2. The third-order valence-corrected chi connectivity index (χ3v) is 5.46. The van der Waals surface area contributed by atoms with Crippen LogP contribution in [-0.2, 0) is 29.9 Å². The monoisotopic (exact) mass is 435 g/mol. The number of carbonyl (C=O) groups is 1. The maximum Gasteiger partial charge on any atom is 0.416 e. The van der Waals surface area contributed by atoms with Crippen molar-refractivity contribution < 1.29 is 22.7 Å². The van der Waals surface area contributed by atoms with Crippen LogP contribution >= 0.6 is 0 Å². The van der Waals surface area contributed by atoms with E-state index in [-0.39, 0.29) is 17.1 Å². The Morgan fingerprint density at radius 3 is 2.55 bits per heavy atom. The average Bonchev–Trinajstić information content (AvgIpc) is 3.30. The Kier molecular flexibility index (Phi) is 6.32. The molecule has 3 rings (SSSR count). The number of halogens is 3. The summed E-state index contributed by atoms with van der Waals surface area (Å²) in [5.74, 6) is -0.742. The summed E-state index contributed by atoms with van der Waals surface area (Å²) in [5.41, 5.74) is 0.401. The van der Waals surface area contributed by atoms with Crippen LogP contribution in [0.5, 0.6) is 0 Å². The van der Waals surface area contributed by atoms with Gasteiger partial charge in [-0.25, -0.2) is 0 Å². The fourth-order valence-corrected chi connectivity index (χ4v) is 3.82. The van der Waals surface area contributed by atoms with E-state index in [2.05, 4.69) is 11.6 Å². The van der Waals surface area contributed by atoms with Gasteiger partial charge in [0, 0.05) is 36.4 Å². The van der Waals surface area contributed by atoms with Crippen LogP contribution in [0.3, 0.4) is 0 Å². The Morgan fingerprint density at radius 2 is 2.00 bits per heavy atom. The predicted molar refractivity (Wildman–Crippen MR) is 113 cm³/mol. The van der Waals surface area contributed by atoms with Gasteiger partial charge in [-0.3, -0.25) is 14.2 Å². The normalized spacial score (nSPS) is 17.9. The summed E-state index contributed by atoms with van der Waals surface area (Å²) in [6, 6.07) is 4.82. The summed E-state index contributed by atoms with van der Waals surface area (Å²) < 4.78 is 49.1. The van der Waals surface area contributed by atoms with Gasteiger partial charge in [0.2, 0.25) is 0 Å². The first-order chi connectivity index (χ1) is 14.4. The zero-order valence-corrected chi connectivity index (χ0v) is 18.3. The van der Waals surface area contributed by atoms with Gasteiger partial charge in [-0.15, -0.1) is 0 Å². The van der Waals surface area contributed by atoms with Crippen LogP contribution in [0.2, 0.25) is 0 Å². The molecule has 1 aromatic heterocycles. The molecule has 1 amide bonds. The maximum atomic E-state index is 13.2. The number of nitrogens with zero attached hydrogens (tertiary/aromatic N) is 3. The van der Waals surface area contributed by atoms with Crippen molar-refractivity contribution in [1.29, 1.82) is 0 Å². The van der Waals surface area contributed by atoms with E-state index >= 15 is 0 Å². The van der Waals surface area contributed by atoms with E-state index in [4.69, 9.17) is 4.74 Å². The molecule has 2 heterocycles. The van der Waals surface area contributed by atoms with Crippen LogP contribution in [0.15, 0.2) is 35.8 Å². The Hall–Kier alpha value is -2.61. The quantitative estimate of drug-likeness (QED) is 0.699. The minimum Gasteiger partial charge on any atom is -0.376 e. The topological polar surface area (TPSA) is 48.5 Å². The van der Waals surface area contributed by atoms with Crippen LogP contribution in [0.4, 0.5) is 13.2 Å². The van der Waals surface area contributed by atoms with Crippen molar-refractivity contribution in [2.45, 2.75) is 57.9 Å². The summed E-state index contributed by atoms with van der Waals surface area (Å²) in [6.07, 6.45) is -1.31. The molecule has 0 spiro atoms. The highest BCUT2D eigenvalue weighted by molar-refractivity contribution is 5.98. The van der Waals surface area contributed by atoms with E-state index in [9.17, 15) is 18.0 Å². The summed E-state index contributed by atoms with van der Waals surface area (Å²) in [5, 5.41) is 0. The Morgan fingerprint density at radius 1 is 1.29 bits per heavy atom. The highest BCUT2D eigenvalue weighted by Gasteiger charge is 2.31. The van der Waals surface area contributed by atoms with Crippen LogP contribution in [0.25, 0.3) is 6.08 Å². The second kappa shape index (κ2) is 8.49. The van der Waals surface area contributed by atoms with Crippen molar-refractivity contribution in [3.63, 3.8) is 0 Å². The highest BCUT2D eigenvalue weighted by atomic mass is 19.4. The van der Waals surface area contributed by atoms with E-state index in [1.807, 2.05) is 43.2 Å². The molecule has 0 aliphatic carbocycles. The number of alkyl halides is 3. The molecule has 1 aliphatic heterocycles. The largest absolute Gasteiger partial charge is 0.416 e. The van der Waals surface area contributed by atoms with Crippen molar-refractivity contribution in [1.82, 2.24) is 9.36 Å². The van der Waals surface area contributed by atoms with Gasteiger partial charge in [0.15, 0.2) is 5.49 Å². The van der Waals surface area contributed by atoms with Crippen molar-refractivity contribution >= 4 is 12.0 Å². The highest BCUT2D eigenvalue weighted by Crippen LogP contribution is 2.31. The molecule has 168 valence electrons. The minimum atomic E-state index is -4.55. The molecule has 0 N–H and O–H groups in total. The number of rotatable bonds is 4. The van der Waals surface area contributed by atoms with Crippen molar-refractivity contribution in [3.05, 3.63) is 58.7 Å². The lowest BCUT2D eigenvalue weighted by molar-refractivity contribution is -0.137. The van der Waals surface area contributed by atoms with Gasteiger partial charge < -0.3 is 4.74 Å². The predicted octanol–water partition coefficient (Wildman–Crippen LogP) is 4.71. The zero-order chi connectivity index (χ0) is 23.0. The fraction of sp³-hybridized carbons (Fsp3) is 0.478. The number of ether oxygens (including phenoxy) is 1. The number of aromatic nitrogens is 2. The maximum absolute atomic E-state index is 13.2. The molecule has 0 unspecified atom stereocenters. The third-order valence-electron chi connectivity index (χ3n) is 5.46. The second-order valence-electron chi connectivity index (χ2n) is 8.80. The van der Waals surface area contributed by atoms with E-state index < -0.39 is 17.6 Å². The molecule has 0 bridgehead atoms. The molecule has 2 aromatic rings. The van der Waals surface area contributed by atoms with E-state index in [0.29, 0.717) is 24.2 Å². The van der Waals surface area contributed by atoms with Crippen LogP contribution in [0, 0.1) is 0 Å².